The minimum atomic E-state index is 0. The van der Waals surface area contributed by atoms with Gasteiger partial charge in [-0.1, -0.05) is 29.3 Å². The first-order valence-electron chi connectivity index (χ1n) is 6.05. The van der Waals surface area contributed by atoms with E-state index >= 15 is 0 Å². The van der Waals surface area contributed by atoms with Gasteiger partial charge in [0.15, 0.2) is 5.96 Å². The molecule has 1 rings (SSSR count). The minimum absolute atomic E-state index is 0. The van der Waals surface area contributed by atoms with E-state index in [-0.39, 0.29) is 24.0 Å². The fraction of sp³-hybridized carbons (Fsp3) is 0.462. The van der Waals surface area contributed by atoms with Gasteiger partial charge in [0.05, 0.1) is 0 Å². The molecule has 0 radical (unpaired) electrons. The second kappa shape index (κ2) is 10.6. The molecule has 0 amide bonds. The number of halogens is 3. The highest BCUT2D eigenvalue weighted by molar-refractivity contribution is 14.0. The Morgan fingerprint density at radius 1 is 1.26 bits per heavy atom. The Labute approximate surface area is 142 Å². The van der Waals surface area contributed by atoms with E-state index in [4.69, 9.17) is 23.2 Å². The average Bonchev–Trinajstić information content (AvgIpc) is 2.35. The third-order valence-electron chi connectivity index (χ3n) is 2.50. The maximum absolute atomic E-state index is 6.11. The van der Waals surface area contributed by atoms with Gasteiger partial charge in [0.2, 0.25) is 0 Å². The van der Waals surface area contributed by atoms with E-state index in [0.29, 0.717) is 5.02 Å². The first kappa shape index (κ1) is 18.8. The van der Waals surface area contributed by atoms with Crippen molar-refractivity contribution in [2.24, 2.45) is 4.99 Å². The number of aryl methyl sites for hydroxylation is 1. The van der Waals surface area contributed by atoms with Crippen LogP contribution in [0.25, 0.3) is 0 Å². The summed E-state index contributed by atoms with van der Waals surface area (Å²) in [6, 6.07) is 5.63. The van der Waals surface area contributed by atoms with Crippen molar-refractivity contribution in [3.8, 4) is 0 Å². The molecule has 0 saturated carbocycles. The fourth-order valence-electron chi connectivity index (χ4n) is 1.60. The van der Waals surface area contributed by atoms with Crippen molar-refractivity contribution in [2.45, 2.75) is 19.8 Å². The number of guanidine groups is 1. The lowest BCUT2D eigenvalue weighted by Crippen LogP contribution is -2.37. The number of benzene rings is 1. The molecular weight excluding hydrogens is 396 g/mol. The summed E-state index contributed by atoms with van der Waals surface area (Å²) in [7, 11) is 1.76. The maximum Gasteiger partial charge on any atom is 0.190 e. The number of hydrogen-bond acceptors (Lipinski definition) is 1. The van der Waals surface area contributed by atoms with E-state index in [1.807, 2.05) is 19.1 Å². The van der Waals surface area contributed by atoms with Gasteiger partial charge in [-0.3, -0.25) is 4.99 Å². The molecule has 3 nitrogen and oxygen atoms in total. The zero-order valence-corrected chi connectivity index (χ0v) is 15.0. The third-order valence-corrected chi connectivity index (χ3v) is 3.09. The molecule has 0 atom stereocenters. The lowest BCUT2D eigenvalue weighted by atomic mass is 10.1. The Hall–Kier alpha value is -0.200. The molecule has 0 aliphatic carbocycles. The number of aliphatic imine (C=N–C) groups is 1. The third kappa shape index (κ3) is 7.22. The SMILES string of the molecule is CCNC(=NC)NCCCc1ccc(Cl)cc1Cl.I. The van der Waals surface area contributed by atoms with Gasteiger partial charge in [0.1, 0.15) is 0 Å². The summed E-state index contributed by atoms with van der Waals surface area (Å²) in [5.41, 5.74) is 1.13. The van der Waals surface area contributed by atoms with Gasteiger partial charge in [0.25, 0.3) is 0 Å². The highest BCUT2D eigenvalue weighted by atomic mass is 127. The fourth-order valence-corrected chi connectivity index (χ4v) is 2.10. The maximum atomic E-state index is 6.11. The van der Waals surface area contributed by atoms with Crippen molar-refractivity contribution in [1.82, 2.24) is 10.6 Å². The standard InChI is InChI=1S/C13H19Cl2N3.HI/c1-3-17-13(16-2)18-8-4-5-10-6-7-11(14)9-12(10)15;/h6-7,9H,3-5,8H2,1-2H3,(H2,16,17,18);1H. The van der Waals surface area contributed by atoms with Crippen molar-refractivity contribution >= 4 is 53.1 Å². The smallest absolute Gasteiger partial charge is 0.190 e. The summed E-state index contributed by atoms with van der Waals surface area (Å²) < 4.78 is 0. The molecule has 0 spiro atoms. The Morgan fingerprint density at radius 3 is 2.58 bits per heavy atom. The van der Waals surface area contributed by atoms with Crippen LogP contribution in [-0.2, 0) is 6.42 Å². The van der Waals surface area contributed by atoms with Crippen LogP contribution in [0.2, 0.25) is 10.0 Å². The van der Waals surface area contributed by atoms with E-state index < -0.39 is 0 Å². The van der Waals surface area contributed by atoms with Crippen LogP contribution in [0.1, 0.15) is 18.9 Å². The predicted octanol–water partition coefficient (Wildman–Crippen LogP) is 3.73. The zero-order valence-electron chi connectivity index (χ0n) is 11.2. The second-order valence-corrected chi connectivity index (χ2v) is 4.71. The molecular formula is C13H20Cl2IN3. The van der Waals surface area contributed by atoms with Crippen LogP contribution < -0.4 is 10.6 Å². The topological polar surface area (TPSA) is 36.4 Å². The largest absolute Gasteiger partial charge is 0.357 e. The van der Waals surface area contributed by atoms with Crippen LogP contribution in [0.15, 0.2) is 23.2 Å². The molecule has 0 aliphatic rings. The van der Waals surface area contributed by atoms with Crippen LogP contribution in [0, 0.1) is 0 Å². The van der Waals surface area contributed by atoms with Crippen LogP contribution in [0.5, 0.6) is 0 Å². The molecule has 2 N–H and O–H groups in total. The average molecular weight is 416 g/mol. The molecule has 0 heterocycles. The molecule has 0 bridgehead atoms. The van der Waals surface area contributed by atoms with Gasteiger partial charge in [0, 0.05) is 30.2 Å². The number of hydrogen-bond donors (Lipinski definition) is 2. The van der Waals surface area contributed by atoms with Crippen LogP contribution >= 0.6 is 47.2 Å². The zero-order chi connectivity index (χ0) is 13.4. The van der Waals surface area contributed by atoms with Gasteiger partial charge in [-0.2, -0.15) is 0 Å². The Bertz CT molecular complexity index is 411. The van der Waals surface area contributed by atoms with Crippen molar-refractivity contribution < 1.29 is 0 Å². The Balaban J connectivity index is 0.00000324. The van der Waals surface area contributed by atoms with Gasteiger partial charge < -0.3 is 10.6 Å². The van der Waals surface area contributed by atoms with E-state index in [0.717, 1.165) is 42.5 Å². The Morgan fingerprint density at radius 2 is 2.00 bits per heavy atom. The Kier molecular flexibility index (Phi) is 10.5. The molecule has 0 saturated heterocycles. The first-order valence-corrected chi connectivity index (χ1v) is 6.81. The molecule has 1 aromatic carbocycles. The van der Waals surface area contributed by atoms with E-state index in [2.05, 4.69) is 15.6 Å². The highest BCUT2D eigenvalue weighted by Crippen LogP contribution is 2.21. The van der Waals surface area contributed by atoms with E-state index in [9.17, 15) is 0 Å². The van der Waals surface area contributed by atoms with E-state index in [1.165, 1.54) is 0 Å². The van der Waals surface area contributed by atoms with Gasteiger partial charge >= 0.3 is 0 Å². The van der Waals surface area contributed by atoms with Crippen molar-refractivity contribution in [2.75, 3.05) is 20.1 Å². The summed E-state index contributed by atoms with van der Waals surface area (Å²) in [4.78, 5) is 4.10. The summed E-state index contributed by atoms with van der Waals surface area (Å²) in [6.45, 7) is 3.77. The lowest BCUT2D eigenvalue weighted by molar-refractivity contribution is 0.748. The molecule has 6 heteroatoms. The van der Waals surface area contributed by atoms with Gasteiger partial charge in [-0.05, 0) is 37.5 Å². The van der Waals surface area contributed by atoms with Gasteiger partial charge in [-0.15, -0.1) is 24.0 Å². The quantitative estimate of drug-likeness (QED) is 0.332. The summed E-state index contributed by atoms with van der Waals surface area (Å²) in [5.74, 6) is 0.833. The highest BCUT2D eigenvalue weighted by Gasteiger charge is 2.01. The molecule has 0 aliphatic heterocycles. The molecule has 0 fully saturated rings. The van der Waals surface area contributed by atoms with Crippen molar-refractivity contribution in [3.05, 3.63) is 33.8 Å². The summed E-state index contributed by atoms with van der Waals surface area (Å²) >= 11 is 12.0. The van der Waals surface area contributed by atoms with Crippen molar-refractivity contribution in [1.29, 1.82) is 0 Å². The van der Waals surface area contributed by atoms with Crippen LogP contribution in [0.4, 0.5) is 0 Å². The number of rotatable bonds is 5. The monoisotopic (exact) mass is 415 g/mol. The predicted molar refractivity (Wildman–Crippen MR) is 95.2 cm³/mol. The normalized spacial score (nSPS) is 10.8. The van der Waals surface area contributed by atoms with E-state index in [1.54, 1.807) is 13.1 Å². The van der Waals surface area contributed by atoms with Crippen LogP contribution in [0.3, 0.4) is 0 Å². The number of nitrogens with one attached hydrogen (secondary N) is 2. The molecule has 0 unspecified atom stereocenters. The second-order valence-electron chi connectivity index (χ2n) is 3.87. The molecule has 1 aromatic rings. The first-order chi connectivity index (χ1) is 8.67. The summed E-state index contributed by atoms with van der Waals surface area (Å²) in [5, 5.41) is 7.80. The lowest BCUT2D eigenvalue weighted by Gasteiger charge is -2.10. The minimum Gasteiger partial charge on any atom is -0.357 e. The van der Waals surface area contributed by atoms with Gasteiger partial charge in [-0.25, -0.2) is 0 Å². The molecule has 108 valence electrons. The molecule has 0 aromatic heterocycles. The summed E-state index contributed by atoms with van der Waals surface area (Å²) in [6.07, 6.45) is 1.91. The molecule has 19 heavy (non-hydrogen) atoms. The number of nitrogens with zero attached hydrogens (tertiary/aromatic N) is 1. The van der Waals surface area contributed by atoms with Crippen molar-refractivity contribution in [3.63, 3.8) is 0 Å². The van der Waals surface area contributed by atoms with Crippen LogP contribution in [-0.4, -0.2) is 26.1 Å².